The van der Waals surface area contributed by atoms with Crippen LogP contribution in [0.15, 0.2) is 36.9 Å². The fraction of sp³-hybridized carbons (Fsp3) is 0.381. The number of carbonyl (C=O) groups excluding carboxylic acids is 2. The van der Waals surface area contributed by atoms with Crippen LogP contribution in [-0.2, 0) is 11.2 Å². The van der Waals surface area contributed by atoms with Crippen molar-refractivity contribution in [3.8, 4) is 5.75 Å². The molecule has 2 amide bonds. The second kappa shape index (κ2) is 7.62. The van der Waals surface area contributed by atoms with Gasteiger partial charge < -0.3 is 21.1 Å². The lowest BCUT2D eigenvalue weighted by Crippen LogP contribution is -2.40. The number of para-hydroxylation sites is 1. The Balaban J connectivity index is 1.67. The lowest BCUT2D eigenvalue weighted by molar-refractivity contribution is -0.127. The number of likely N-dealkylation sites (tertiary alicyclic amines) is 1. The van der Waals surface area contributed by atoms with Gasteiger partial charge in [0.15, 0.2) is 0 Å². The molecule has 4 rings (SSSR count). The molecule has 1 aromatic carbocycles. The van der Waals surface area contributed by atoms with Gasteiger partial charge in [-0.25, -0.2) is 4.68 Å². The zero-order valence-corrected chi connectivity index (χ0v) is 16.2. The number of piperidine rings is 1. The highest BCUT2D eigenvalue weighted by atomic mass is 16.5. The van der Waals surface area contributed by atoms with E-state index in [9.17, 15) is 9.59 Å². The molecule has 0 bridgehead atoms. The van der Waals surface area contributed by atoms with Crippen LogP contribution in [0, 0.1) is 0 Å². The van der Waals surface area contributed by atoms with Crippen LogP contribution in [0.5, 0.6) is 5.75 Å². The van der Waals surface area contributed by atoms with E-state index in [1.165, 1.54) is 6.08 Å². The highest BCUT2D eigenvalue weighted by Gasteiger charge is 2.33. The van der Waals surface area contributed by atoms with E-state index in [1.807, 2.05) is 24.3 Å². The Morgan fingerprint density at radius 3 is 2.86 bits per heavy atom. The van der Waals surface area contributed by atoms with Crippen LogP contribution in [0.4, 0.5) is 5.82 Å². The molecule has 2 atom stereocenters. The number of hydrogen-bond donors (Lipinski definition) is 2. The molecule has 0 saturated carbocycles. The maximum absolute atomic E-state index is 12.2. The first-order chi connectivity index (χ1) is 14.0. The smallest absolute Gasteiger partial charge is 0.254 e. The molecule has 0 spiro atoms. The van der Waals surface area contributed by atoms with Crippen LogP contribution in [0.2, 0.25) is 0 Å². The molecule has 29 heavy (non-hydrogen) atoms. The van der Waals surface area contributed by atoms with Gasteiger partial charge in [0.05, 0.1) is 18.3 Å². The highest BCUT2D eigenvalue weighted by molar-refractivity contribution is 5.98. The molecule has 2 aliphatic rings. The SMILES string of the molecule is C=CC(=O)N1CCC[C@@H](n2nc(C3COc4ccccc4C3)c(C(N)=O)c2N)C1. The number of aromatic nitrogens is 2. The van der Waals surface area contributed by atoms with Crippen molar-refractivity contribution in [1.29, 1.82) is 0 Å². The van der Waals surface area contributed by atoms with Gasteiger partial charge in [0.2, 0.25) is 5.91 Å². The number of carbonyl (C=O) groups is 2. The van der Waals surface area contributed by atoms with Gasteiger partial charge in [0.1, 0.15) is 17.1 Å². The molecular weight excluding hydrogens is 370 g/mol. The maximum Gasteiger partial charge on any atom is 0.254 e. The standard InChI is InChI=1S/C21H25N5O3/c1-2-17(27)25-9-5-7-15(11-25)26-20(22)18(21(23)28)19(24-26)14-10-13-6-3-4-8-16(13)29-12-14/h2-4,6,8,14-15H,1,5,7,9-12,22H2,(H2,23,28)/t14?,15-/m1/s1. The molecule has 0 radical (unpaired) electrons. The number of benzene rings is 1. The first kappa shape index (κ1) is 19.0. The first-order valence-corrected chi connectivity index (χ1v) is 9.79. The van der Waals surface area contributed by atoms with Gasteiger partial charge >= 0.3 is 0 Å². The summed E-state index contributed by atoms with van der Waals surface area (Å²) in [5.41, 5.74) is 13.9. The van der Waals surface area contributed by atoms with Crippen molar-refractivity contribution in [1.82, 2.24) is 14.7 Å². The summed E-state index contributed by atoms with van der Waals surface area (Å²) in [6.07, 6.45) is 3.64. The molecule has 1 unspecified atom stereocenters. The number of amides is 2. The van der Waals surface area contributed by atoms with Crippen LogP contribution >= 0.6 is 0 Å². The van der Waals surface area contributed by atoms with Gasteiger partial charge in [-0.3, -0.25) is 9.59 Å². The highest BCUT2D eigenvalue weighted by Crippen LogP contribution is 2.36. The van der Waals surface area contributed by atoms with Gasteiger partial charge in [-0.2, -0.15) is 5.10 Å². The Bertz CT molecular complexity index is 967. The number of primary amides is 1. The Labute approximate surface area is 169 Å². The van der Waals surface area contributed by atoms with Gasteiger partial charge in [0.25, 0.3) is 5.91 Å². The van der Waals surface area contributed by atoms with Crippen molar-refractivity contribution < 1.29 is 14.3 Å². The Kier molecular flexibility index (Phi) is 5.00. The molecule has 1 aromatic heterocycles. The first-order valence-electron chi connectivity index (χ1n) is 9.79. The van der Waals surface area contributed by atoms with E-state index in [-0.39, 0.29) is 29.2 Å². The zero-order valence-electron chi connectivity index (χ0n) is 16.2. The molecule has 2 aliphatic heterocycles. The second-order valence-electron chi connectivity index (χ2n) is 7.56. The van der Waals surface area contributed by atoms with Crippen LogP contribution < -0.4 is 16.2 Å². The summed E-state index contributed by atoms with van der Waals surface area (Å²) < 4.78 is 7.54. The number of fused-ring (bicyclic) bond motifs is 1. The number of ether oxygens (including phenoxy) is 1. The van der Waals surface area contributed by atoms with Gasteiger partial charge in [-0.05, 0) is 37.0 Å². The largest absolute Gasteiger partial charge is 0.493 e. The number of nitrogens with zero attached hydrogens (tertiary/aromatic N) is 3. The molecule has 2 aromatic rings. The minimum Gasteiger partial charge on any atom is -0.493 e. The summed E-state index contributed by atoms with van der Waals surface area (Å²) in [7, 11) is 0. The van der Waals surface area contributed by atoms with E-state index in [0.29, 0.717) is 31.8 Å². The quantitative estimate of drug-likeness (QED) is 0.763. The molecule has 1 fully saturated rings. The van der Waals surface area contributed by atoms with Gasteiger partial charge in [0, 0.05) is 19.0 Å². The van der Waals surface area contributed by atoms with Crippen molar-refractivity contribution in [2.45, 2.75) is 31.2 Å². The Morgan fingerprint density at radius 2 is 2.10 bits per heavy atom. The molecule has 4 N–H and O–H groups in total. The third-order valence-electron chi connectivity index (χ3n) is 5.72. The molecule has 8 heteroatoms. The topological polar surface area (TPSA) is 116 Å². The minimum atomic E-state index is -0.600. The zero-order chi connectivity index (χ0) is 20.5. The monoisotopic (exact) mass is 395 g/mol. The number of hydrogen-bond acceptors (Lipinski definition) is 5. The third kappa shape index (κ3) is 3.46. The summed E-state index contributed by atoms with van der Waals surface area (Å²) in [6, 6.07) is 7.71. The van der Waals surface area contributed by atoms with Crippen molar-refractivity contribution in [2.24, 2.45) is 5.73 Å². The van der Waals surface area contributed by atoms with E-state index >= 15 is 0 Å². The lowest BCUT2D eigenvalue weighted by Gasteiger charge is -2.32. The van der Waals surface area contributed by atoms with E-state index in [2.05, 4.69) is 6.58 Å². The van der Waals surface area contributed by atoms with Crippen LogP contribution in [0.25, 0.3) is 0 Å². The van der Waals surface area contributed by atoms with E-state index < -0.39 is 5.91 Å². The van der Waals surface area contributed by atoms with Crippen LogP contribution in [0.3, 0.4) is 0 Å². The number of anilines is 1. The van der Waals surface area contributed by atoms with Gasteiger partial charge in [-0.1, -0.05) is 24.8 Å². The second-order valence-corrected chi connectivity index (χ2v) is 7.56. The van der Waals surface area contributed by atoms with Crippen LogP contribution in [0.1, 0.15) is 46.4 Å². The fourth-order valence-electron chi connectivity index (χ4n) is 4.27. The van der Waals surface area contributed by atoms with Gasteiger partial charge in [-0.15, -0.1) is 0 Å². The molecular formula is C21H25N5O3. The normalized spacial score (nSPS) is 21.2. The summed E-state index contributed by atoms with van der Waals surface area (Å²) in [5, 5.41) is 4.72. The van der Waals surface area contributed by atoms with Crippen molar-refractivity contribution in [2.75, 3.05) is 25.4 Å². The summed E-state index contributed by atoms with van der Waals surface area (Å²) in [5.74, 6) is 0.267. The third-order valence-corrected chi connectivity index (χ3v) is 5.72. The summed E-state index contributed by atoms with van der Waals surface area (Å²) >= 11 is 0. The Morgan fingerprint density at radius 1 is 1.31 bits per heavy atom. The fourth-order valence-corrected chi connectivity index (χ4v) is 4.27. The average molecular weight is 395 g/mol. The van der Waals surface area contributed by atoms with E-state index in [1.54, 1.807) is 9.58 Å². The van der Waals surface area contributed by atoms with E-state index in [0.717, 1.165) is 24.2 Å². The molecule has 1 saturated heterocycles. The molecule has 8 nitrogen and oxygen atoms in total. The molecule has 152 valence electrons. The summed E-state index contributed by atoms with van der Waals surface area (Å²) in [4.78, 5) is 26.0. The number of rotatable bonds is 4. The minimum absolute atomic E-state index is 0.115. The predicted octanol–water partition coefficient (Wildman–Crippen LogP) is 1.63. The Hall–Kier alpha value is -3.29. The maximum atomic E-state index is 12.2. The van der Waals surface area contributed by atoms with Crippen molar-refractivity contribution in [3.63, 3.8) is 0 Å². The molecule has 0 aliphatic carbocycles. The molecule has 3 heterocycles. The van der Waals surface area contributed by atoms with Crippen LogP contribution in [-0.4, -0.2) is 46.2 Å². The predicted molar refractivity (Wildman–Crippen MR) is 109 cm³/mol. The number of nitrogen functional groups attached to an aromatic ring is 1. The average Bonchev–Trinajstić information content (AvgIpc) is 3.10. The van der Waals surface area contributed by atoms with Crippen molar-refractivity contribution >= 4 is 17.6 Å². The number of nitrogens with two attached hydrogens (primary N) is 2. The summed E-state index contributed by atoms with van der Waals surface area (Å²) in [6.45, 7) is 5.10. The van der Waals surface area contributed by atoms with Crippen molar-refractivity contribution in [3.05, 3.63) is 53.7 Å². The van der Waals surface area contributed by atoms with E-state index in [4.69, 9.17) is 21.3 Å². The lowest BCUT2D eigenvalue weighted by atomic mass is 9.92.